The van der Waals surface area contributed by atoms with Crippen molar-refractivity contribution in [2.45, 2.75) is 12.3 Å². The first kappa shape index (κ1) is 16.4. The second-order valence-corrected chi connectivity index (χ2v) is 7.30. The molecule has 0 atom stereocenters. The molecule has 0 spiro atoms. The van der Waals surface area contributed by atoms with Gasteiger partial charge in [0.15, 0.2) is 0 Å². The summed E-state index contributed by atoms with van der Waals surface area (Å²) in [5.74, 6) is -0.0117. The fourth-order valence-corrected chi connectivity index (χ4v) is 3.56. The first-order valence-electron chi connectivity index (χ1n) is 7.71. The van der Waals surface area contributed by atoms with Crippen LogP contribution < -0.4 is 4.72 Å². The van der Waals surface area contributed by atoms with Gasteiger partial charge < -0.3 is 0 Å². The standard InChI is InChI=1S/C18H19N3O2S/c22-24(23,15-16-7-3-1-4-8-16)20-11-12-21-14-18(13-19-21)17-9-5-2-6-10-17/h1-10,13-14,20H,11-12,15H2. The Balaban J connectivity index is 1.54. The van der Waals surface area contributed by atoms with Crippen LogP contribution in [-0.2, 0) is 22.3 Å². The van der Waals surface area contributed by atoms with E-state index in [1.807, 2.05) is 54.7 Å². The second kappa shape index (κ2) is 7.42. The summed E-state index contributed by atoms with van der Waals surface area (Å²) in [6.45, 7) is 0.798. The lowest BCUT2D eigenvalue weighted by Crippen LogP contribution is -2.28. The van der Waals surface area contributed by atoms with Crippen molar-refractivity contribution in [1.29, 1.82) is 0 Å². The van der Waals surface area contributed by atoms with E-state index in [1.54, 1.807) is 23.0 Å². The Morgan fingerprint density at radius 1 is 0.917 bits per heavy atom. The van der Waals surface area contributed by atoms with Gasteiger partial charge in [0.2, 0.25) is 10.0 Å². The van der Waals surface area contributed by atoms with E-state index in [0.29, 0.717) is 13.1 Å². The van der Waals surface area contributed by atoms with E-state index in [2.05, 4.69) is 9.82 Å². The minimum Gasteiger partial charge on any atom is -0.271 e. The minimum absolute atomic E-state index is 0.0117. The maximum Gasteiger partial charge on any atom is 0.215 e. The summed E-state index contributed by atoms with van der Waals surface area (Å²) in [6, 6.07) is 19.1. The molecule has 0 aliphatic heterocycles. The van der Waals surface area contributed by atoms with Crippen LogP contribution in [0.1, 0.15) is 5.56 Å². The SMILES string of the molecule is O=S(=O)(Cc1ccccc1)NCCn1cc(-c2ccccc2)cn1. The molecule has 0 unspecified atom stereocenters. The lowest BCUT2D eigenvalue weighted by Gasteiger charge is -2.07. The average molecular weight is 341 g/mol. The lowest BCUT2D eigenvalue weighted by atomic mass is 10.1. The Hall–Kier alpha value is -2.44. The summed E-state index contributed by atoms with van der Waals surface area (Å²) in [4.78, 5) is 0. The van der Waals surface area contributed by atoms with Gasteiger partial charge in [0, 0.05) is 18.3 Å². The van der Waals surface area contributed by atoms with Crippen molar-refractivity contribution < 1.29 is 8.42 Å². The van der Waals surface area contributed by atoms with Gasteiger partial charge in [-0.2, -0.15) is 5.10 Å². The largest absolute Gasteiger partial charge is 0.271 e. The molecule has 0 saturated heterocycles. The Morgan fingerprint density at radius 2 is 1.58 bits per heavy atom. The zero-order valence-electron chi connectivity index (χ0n) is 13.2. The van der Waals surface area contributed by atoms with Gasteiger partial charge in [0.05, 0.1) is 18.5 Å². The van der Waals surface area contributed by atoms with Crippen molar-refractivity contribution in [1.82, 2.24) is 14.5 Å². The molecular formula is C18H19N3O2S. The van der Waals surface area contributed by atoms with Crippen LogP contribution in [0.4, 0.5) is 0 Å². The summed E-state index contributed by atoms with van der Waals surface area (Å²) in [5.41, 5.74) is 2.88. The van der Waals surface area contributed by atoms with Gasteiger partial charge in [-0.1, -0.05) is 60.7 Å². The predicted octanol–water partition coefficient (Wildman–Crippen LogP) is 2.67. The maximum absolute atomic E-state index is 12.1. The first-order chi connectivity index (χ1) is 11.6. The summed E-state index contributed by atoms with van der Waals surface area (Å²) in [6.07, 6.45) is 3.70. The fraction of sp³-hybridized carbons (Fsp3) is 0.167. The highest BCUT2D eigenvalue weighted by molar-refractivity contribution is 7.88. The minimum atomic E-state index is -3.34. The lowest BCUT2D eigenvalue weighted by molar-refractivity contribution is 0.560. The summed E-state index contributed by atoms with van der Waals surface area (Å²) in [5, 5.41) is 4.28. The van der Waals surface area contributed by atoms with E-state index in [4.69, 9.17) is 0 Å². The van der Waals surface area contributed by atoms with Gasteiger partial charge in [-0.3, -0.25) is 4.68 Å². The van der Waals surface area contributed by atoms with Gasteiger partial charge >= 0.3 is 0 Å². The summed E-state index contributed by atoms with van der Waals surface area (Å²) >= 11 is 0. The Labute approximate surface area is 142 Å². The van der Waals surface area contributed by atoms with Gasteiger partial charge in [-0.15, -0.1) is 0 Å². The zero-order valence-corrected chi connectivity index (χ0v) is 14.0. The molecule has 0 bridgehead atoms. The van der Waals surface area contributed by atoms with Crippen molar-refractivity contribution in [2.24, 2.45) is 0 Å². The molecule has 0 radical (unpaired) electrons. The molecule has 1 N–H and O–H groups in total. The Bertz CT molecular complexity index is 875. The van der Waals surface area contributed by atoms with Crippen LogP contribution in [0.2, 0.25) is 0 Å². The number of rotatable bonds is 7. The van der Waals surface area contributed by atoms with Crippen LogP contribution in [0, 0.1) is 0 Å². The van der Waals surface area contributed by atoms with Gasteiger partial charge in [0.1, 0.15) is 0 Å². The van der Waals surface area contributed by atoms with Crippen LogP contribution in [0.15, 0.2) is 73.1 Å². The molecule has 1 aromatic heterocycles. The molecule has 5 nitrogen and oxygen atoms in total. The van der Waals surface area contributed by atoms with Crippen LogP contribution in [0.3, 0.4) is 0 Å². The quantitative estimate of drug-likeness (QED) is 0.718. The second-order valence-electron chi connectivity index (χ2n) is 5.50. The highest BCUT2D eigenvalue weighted by atomic mass is 32.2. The van der Waals surface area contributed by atoms with E-state index in [1.165, 1.54) is 0 Å². The monoisotopic (exact) mass is 341 g/mol. The van der Waals surface area contributed by atoms with Crippen molar-refractivity contribution in [3.8, 4) is 11.1 Å². The zero-order chi connectivity index (χ0) is 16.8. The van der Waals surface area contributed by atoms with Crippen molar-refractivity contribution >= 4 is 10.0 Å². The number of benzene rings is 2. The molecule has 3 aromatic rings. The highest BCUT2D eigenvalue weighted by Crippen LogP contribution is 2.17. The molecule has 1 heterocycles. The number of aromatic nitrogens is 2. The topological polar surface area (TPSA) is 64.0 Å². The number of sulfonamides is 1. The van der Waals surface area contributed by atoms with Gasteiger partial charge in [-0.25, -0.2) is 13.1 Å². The predicted molar refractivity (Wildman–Crippen MR) is 94.7 cm³/mol. The molecular weight excluding hydrogens is 322 g/mol. The third kappa shape index (κ3) is 4.53. The van der Waals surface area contributed by atoms with Crippen LogP contribution in [0.25, 0.3) is 11.1 Å². The first-order valence-corrected chi connectivity index (χ1v) is 9.37. The third-order valence-corrected chi connectivity index (χ3v) is 4.96. The van der Waals surface area contributed by atoms with Crippen molar-refractivity contribution in [3.05, 3.63) is 78.6 Å². The fourth-order valence-electron chi connectivity index (χ4n) is 2.43. The number of hydrogen-bond acceptors (Lipinski definition) is 3. The van der Waals surface area contributed by atoms with Crippen molar-refractivity contribution in [3.63, 3.8) is 0 Å². The van der Waals surface area contributed by atoms with E-state index >= 15 is 0 Å². The van der Waals surface area contributed by atoms with Gasteiger partial charge in [0.25, 0.3) is 0 Å². The molecule has 2 aromatic carbocycles. The third-order valence-electron chi connectivity index (χ3n) is 3.60. The van der Waals surface area contributed by atoms with E-state index in [0.717, 1.165) is 16.7 Å². The molecule has 0 saturated carbocycles. The smallest absolute Gasteiger partial charge is 0.215 e. The molecule has 124 valence electrons. The molecule has 0 aliphatic rings. The number of nitrogens with zero attached hydrogens (tertiary/aromatic N) is 2. The number of hydrogen-bond donors (Lipinski definition) is 1. The van der Waals surface area contributed by atoms with Crippen LogP contribution >= 0.6 is 0 Å². The Kier molecular flexibility index (Phi) is 5.08. The average Bonchev–Trinajstić information content (AvgIpc) is 3.05. The normalized spacial score (nSPS) is 11.5. The molecule has 3 rings (SSSR count). The van der Waals surface area contributed by atoms with Crippen molar-refractivity contribution in [2.75, 3.05) is 6.54 Å². The summed E-state index contributed by atoms with van der Waals surface area (Å²) < 4.78 is 28.5. The number of nitrogens with one attached hydrogen (secondary N) is 1. The molecule has 6 heteroatoms. The van der Waals surface area contributed by atoms with Crippen LogP contribution in [0.5, 0.6) is 0 Å². The molecule has 24 heavy (non-hydrogen) atoms. The maximum atomic E-state index is 12.1. The Morgan fingerprint density at radius 3 is 2.29 bits per heavy atom. The van der Waals surface area contributed by atoms with Crippen LogP contribution in [-0.4, -0.2) is 24.7 Å². The van der Waals surface area contributed by atoms with Gasteiger partial charge in [-0.05, 0) is 11.1 Å². The summed E-state index contributed by atoms with van der Waals surface area (Å²) in [7, 11) is -3.34. The molecule has 0 amide bonds. The highest BCUT2D eigenvalue weighted by Gasteiger charge is 2.10. The molecule has 0 aliphatic carbocycles. The molecule has 0 fully saturated rings. The van der Waals surface area contributed by atoms with E-state index in [-0.39, 0.29) is 5.75 Å². The van der Waals surface area contributed by atoms with E-state index in [9.17, 15) is 8.42 Å². The van der Waals surface area contributed by atoms with E-state index < -0.39 is 10.0 Å².